The van der Waals surface area contributed by atoms with Crippen LogP contribution in [-0.4, -0.2) is 41.6 Å². The van der Waals surface area contributed by atoms with Crippen molar-refractivity contribution in [1.82, 2.24) is 4.90 Å². The van der Waals surface area contributed by atoms with E-state index in [4.69, 9.17) is 9.47 Å². The molecule has 0 bridgehead atoms. The maximum atomic E-state index is 12.2. The molecule has 1 unspecified atom stereocenters. The zero-order chi connectivity index (χ0) is 24.4. The number of likely N-dealkylation sites (tertiary alicyclic amines) is 1. The van der Waals surface area contributed by atoms with Crippen LogP contribution in [-0.2, 0) is 19.1 Å². The van der Waals surface area contributed by atoms with Crippen LogP contribution in [0.4, 0.5) is 0 Å². The zero-order valence-electron chi connectivity index (χ0n) is 21.3. The highest BCUT2D eigenvalue weighted by Crippen LogP contribution is 2.31. The van der Waals surface area contributed by atoms with Crippen molar-refractivity contribution < 1.29 is 24.5 Å². The molecule has 1 aliphatic heterocycles. The van der Waals surface area contributed by atoms with Crippen LogP contribution in [0.1, 0.15) is 90.4 Å². The van der Waals surface area contributed by atoms with Gasteiger partial charge >= 0.3 is 11.9 Å². The summed E-state index contributed by atoms with van der Waals surface area (Å²) in [7, 11) is 1.94. The molecule has 34 heavy (non-hydrogen) atoms. The van der Waals surface area contributed by atoms with Gasteiger partial charge in [-0.2, -0.15) is 0 Å². The van der Waals surface area contributed by atoms with Gasteiger partial charge in [0, 0.05) is 57.0 Å². The van der Waals surface area contributed by atoms with E-state index >= 15 is 0 Å². The largest absolute Gasteiger partial charge is 0.462 e. The molecule has 6 nitrogen and oxygen atoms in total. The molecule has 0 radical (unpaired) electrons. The molecule has 0 spiro atoms. The molecule has 2 atom stereocenters. The monoisotopic (exact) mass is 475 g/mol. The van der Waals surface area contributed by atoms with Gasteiger partial charge in [0.1, 0.15) is 12.2 Å². The van der Waals surface area contributed by atoms with E-state index in [0.29, 0.717) is 31.6 Å². The van der Waals surface area contributed by atoms with Gasteiger partial charge in [-0.3, -0.25) is 9.59 Å². The first kappa shape index (κ1) is 29.7. The fourth-order valence-electron chi connectivity index (χ4n) is 4.55. The molecule has 0 aromatic heterocycles. The lowest BCUT2D eigenvalue weighted by molar-refractivity contribution is -0.150. The topological polar surface area (TPSA) is 87.3 Å². The average Bonchev–Trinajstić information content (AvgIpc) is 2.84. The first-order chi connectivity index (χ1) is 15.7. The number of esters is 2. The number of piperidine rings is 1. The second-order valence-corrected chi connectivity index (χ2v) is 9.87. The quantitative estimate of drug-likeness (QED) is 0.163. The van der Waals surface area contributed by atoms with Crippen molar-refractivity contribution >= 4 is 11.9 Å². The minimum Gasteiger partial charge on any atom is -0.462 e. The van der Waals surface area contributed by atoms with E-state index in [1.165, 1.54) is 0 Å². The molecular weight excluding hydrogens is 430 g/mol. The van der Waals surface area contributed by atoms with E-state index in [-0.39, 0.29) is 29.6 Å². The first-order valence-electron chi connectivity index (χ1n) is 12.5. The Labute approximate surface area is 206 Å². The van der Waals surface area contributed by atoms with E-state index < -0.39 is 0 Å². The van der Waals surface area contributed by atoms with Crippen molar-refractivity contribution in [1.29, 1.82) is 0 Å². The highest BCUT2D eigenvalue weighted by Gasteiger charge is 2.25. The summed E-state index contributed by atoms with van der Waals surface area (Å²) >= 11 is 0. The van der Waals surface area contributed by atoms with E-state index in [9.17, 15) is 9.59 Å². The van der Waals surface area contributed by atoms with Gasteiger partial charge in [0.05, 0.1) is 0 Å². The van der Waals surface area contributed by atoms with Gasteiger partial charge in [-0.25, -0.2) is 0 Å². The van der Waals surface area contributed by atoms with Crippen molar-refractivity contribution in [3.8, 4) is 0 Å². The minimum absolute atomic E-state index is 0. The van der Waals surface area contributed by atoms with Crippen LogP contribution in [0, 0.1) is 5.92 Å². The lowest BCUT2D eigenvalue weighted by Gasteiger charge is -2.33. The molecule has 2 rings (SSSR count). The molecule has 1 saturated carbocycles. The molecule has 1 heterocycles. The highest BCUT2D eigenvalue weighted by molar-refractivity contribution is 5.70. The Bertz CT molecular complexity index is 738. The number of hydrogen-bond acceptors (Lipinski definition) is 5. The fraction of sp³-hybridized carbons (Fsp3) is 0.643. The maximum Gasteiger partial charge on any atom is 0.306 e. The number of ether oxygens (including phenoxy) is 2. The molecule has 192 valence electrons. The summed E-state index contributed by atoms with van der Waals surface area (Å²) in [6, 6.07) is 0. The van der Waals surface area contributed by atoms with Crippen LogP contribution in [0.25, 0.3) is 0 Å². The maximum absolute atomic E-state index is 12.2. The van der Waals surface area contributed by atoms with Crippen molar-refractivity contribution in [2.24, 2.45) is 5.92 Å². The van der Waals surface area contributed by atoms with E-state index in [1.54, 1.807) is 0 Å². The minimum atomic E-state index is -0.133. The molecule has 0 amide bonds. The Morgan fingerprint density at radius 3 is 1.71 bits per heavy atom. The zero-order valence-corrected chi connectivity index (χ0v) is 21.3. The number of hydrogen-bond donors (Lipinski definition) is 0. The summed E-state index contributed by atoms with van der Waals surface area (Å²) in [6.45, 7) is 18.4. The third kappa shape index (κ3) is 10.3. The fourth-order valence-corrected chi connectivity index (χ4v) is 4.55. The molecular formula is C28H45NO5. The number of unbranched alkanes of at least 4 members (excludes halogenated alkanes) is 5. The predicted molar refractivity (Wildman–Crippen MR) is 137 cm³/mol. The Balaban J connectivity index is 0.00000578. The van der Waals surface area contributed by atoms with Crippen molar-refractivity contribution in [3.05, 3.63) is 48.9 Å². The van der Waals surface area contributed by atoms with Gasteiger partial charge in [0.25, 0.3) is 0 Å². The molecule has 2 fully saturated rings. The SMILES string of the molecule is C=C1CC(OC(=O)CCCCCCCCC(=O)OC2CC(=C)N(C)C(=C)C2)CC(=C)[C@@H](C)C1.O. The van der Waals surface area contributed by atoms with E-state index in [2.05, 4.69) is 33.2 Å². The smallest absolute Gasteiger partial charge is 0.306 e. The van der Waals surface area contributed by atoms with Gasteiger partial charge in [-0.15, -0.1) is 0 Å². The molecule has 6 heteroatoms. The van der Waals surface area contributed by atoms with Gasteiger partial charge < -0.3 is 19.8 Å². The Kier molecular flexibility index (Phi) is 12.9. The number of rotatable bonds is 11. The second kappa shape index (κ2) is 14.8. The first-order valence-corrected chi connectivity index (χ1v) is 12.5. The lowest BCUT2D eigenvalue weighted by atomic mass is 9.97. The van der Waals surface area contributed by atoms with Gasteiger partial charge in [-0.1, -0.05) is 70.1 Å². The van der Waals surface area contributed by atoms with E-state index in [1.807, 2.05) is 11.9 Å². The molecule has 1 saturated heterocycles. The molecule has 0 aromatic rings. The van der Waals surface area contributed by atoms with Gasteiger partial charge in [0.15, 0.2) is 0 Å². The van der Waals surface area contributed by atoms with Gasteiger partial charge in [0.2, 0.25) is 0 Å². The second-order valence-electron chi connectivity index (χ2n) is 9.87. The summed E-state index contributed by atoms with van der Waals surface area (Å²) in [5.41, 5.74) is 4.17. The van der Waals surface area contributed by atoms with Gasteiger partial charge in [-0.05, 0) is 25.2 Å². The van der Waals surface area contributed by atoms with Crippen LogP contribution in [0.3, 0.4) is 0 Å². The standard InChI is InChI=1S/C28H43NO4.H2O/c1-20-15-21(2)22(3)17-25(16-20)32-27(30)13-11-9-7-8-10-12-14-28(31)33-26-18-23(4)29(6)24(5)19-26;/h21,25-26H,1,3-5,7-19H2,2,6H3;1H2/t21-,25?;/m0./s1. The normalized spacial score (nSPS) is 21.6. The van der Waals surface area contributed by atoms with Crippen LogP contribution in [0.15, 0.2) is 48.9 Å². The van der Waals surface area contributed by atoms with E-state index in [0.717, 1.165) is 80.3 Å². The third-order valence-corrected chi connectivity index (χ3v) is 6.78. The summed E-state index contributed by atoms with van der Waals surface area (Å²) < 4.78 is 11.3. The third-order valence-electron chi connectivity index (χ3n) is 6.78. The van der Waals surface area contributed by atoms with Crippen LogP contribution in [0.2, 0.25) is 0 Å². The molecule has 0 aromatic carbocycles. The van der Waals surface area contributed by atoms with Crippen LogP contribution in [0.5, 0.6) is 0 Å². The summed E-state index contributed by atoms with van der Waals surface area (Å²) in [5, 5.41) is 0. The Hall–Kier alpha value is -2.34. The van der Waals surface area contributed by atoms with Crippen LogP contribution >= 0.6 is 0 Å². The average molecular weight is 476 g/mol. The Morgan fingerprint density at radius 2 is 1.21 bits per heavy atom. The van der Waals surface area contributed by atoms with Crippen molar-refractivity contribution in [3.63, 3.8) is 0 Å². The molecule has 2 N–H and O–H groups in total. The van der Waals surface area contributed by atoms with Crippen molar-refractivity contribution in [2.75, 3.05) is 7.05 Å². The number of carbonyl (C=O) groups is 2. The van der Waals surface area contributed by atoms with Crippen molar-refractivity contribution in [2.45, 2.75) is 103 Å². The Morgan fingerprint density at radius 1 is 0.765 bits per heavy atom. The van der Waals surface area contributed by atoms with Crippen LogP contribution < -0.4 is 0 Å². The number of carbonyl (C=O) groups excluding carboxylic acids is 2. The highest BCUT2D eigenvalue weighted by atomic mass is 16.5. The predicted octanol–water partition coefficient (Wildman–Crippen LogP) is 5.79. The molecule has 1 aliphatic carbocycles. The number of nitrogens with zero attached hydrogens (tertiary/aromatic N) is 1. The summed E-state index contributed by atoms with van der Waals surface area (Å²) in [6.07, 6.45) is 10.3. The lowest BCUT2D eigenvalue weighted by Crippen LogP contribution is -2.31. The summed E-state index contributed by atoms with van der Waals surface area (Å²) in [5.74, 6) is 0.167. The molecule has 2 aliphatic rings. The summed E-state index contributed by atoms with van der Waals surface area (Å²) in [4.78, 5) is 26.3.